The molecule has 0 atom stereocenters. The van der Waals surface area contributed by atoms with E-state index in [1.165, 1.54) is 0 Å². The van der Waals surface area contributed by atoms with E-state index in [9.17, 15) is 8.42 Å². The first kappa shape index (κ1) is 16.9. The molecule has 0 amide bonds. The number of ether oxygens (including phenoxy) is 1. The number of aryl methyl sites for hydroxylation is 1. The summed E-state index contributed by atoms with van der Waals surface area (Å²) in [6.45, 7) is 5.76. The van der Waals surface area contributed by atoms with Gasteiger partial charge in [-0.25, -0.2) is 8.42 Å². The van der Waals surface area contributed by atoms with E-state index in [0.29, 0.717) is 10.1 Å². The molecule has 6 heteroatoms. The molecule has 0 aliphatic carbocycles. The van der Waals surface area contributed by atoms with Gasteiger partial charge in [0.05, 0.1) is 10.6 Å². The summed E-state index contributed by atoms with van der Waals surface area (Å²) < 4.78 is 30.9. The highest BCUT2D eigenvalue weighted by Gasteiger charge is 2.32. The first-order chi connectivity index (χ1) is 11.2. The van der Waals surface area contributed by atoms with E-state index in [-0.39, 0.29) is 5.75 Å². The van der Waals surface area contributed by atoms with Gasteiger partial charge < -0.3 is 10.1 Å². The van der Waals surface area contributed by atoms with Crippen molar-refractivity contribution < 1.29 is 13.2 Å². The van der Waals surface area contributed by atoms with Gasteiger partial charge >= 0.3 is 0 Å². The quantitative estimate of drug-likeness (QED) is 0.840. The van der Waals surface area contributed by atoms with Gasteiger partial charge in [0.25, 0.3) is 5.17 Å². The Kier molecular flexibility index (Phi) is 4.13. The number of benzene rings is 2. The molecule has 2 aromatic rings. The predicted molar refractivity (Wildman–Crippen MR) is 98.8 cm³/mol. The lowest BCUT2D eigenvalue weighted by Crippen LogP contribution is -2.34. The summed E-state index contributed by atoms with van der Waals surface area (Å²) in [4.78, 5) is 0.334. The van der Waals surface area contributed by atoms with Gasteiger partial charge in [-0.05, 0) is 62.8 Å². The average Bonchev–Trinajstić information content (AvgIpc) is 2.47. The molecular weight excluding hydrogens is 342 g/mol. The summed E-state index contributed by atoms with van der Waals surface area (Å²) in [6, 6.07) is 12.4. The van der Waals surface area contributed by atoms with E-state index < -0.39 is 15.4 Å². The Morgan fingerprint density at radius 2 is 1.79 bits per heavy atom. The number of hydrogen-bond donors (Lipinski definition) is 1. The maximum Gasteiger partial charge on any atom is 0.262 e. The Hall–Kier alpha value is -1.92. The number of fused-ring (bicyclic) bond motifs is 1. The van der Waals surface area contributed by atoms with Crippen molar-refractivity contribution in [3.05, 3.63) is 59.2 Å². The Labute approximate surface area is 147 Å². The van der Waals surface area contributed by atoms with Crippen molar-refractivity contribution in [1.29, 1.82) is 0 Å². The van der Waals surface area contributed by atoms with Crippen LogP contribution in [-0.2, 0) is 25.9 Å². The van der Waals surface area contributed by atoms with Crippen LogP contribution >= 0.6 is 12.2 Å². The minimum atomic E-state index is -3.39. The molecule has 1 N–H and O–H groups in total. The van der Waals surface area contributed by atoms with E-state index in [2.05, 4.69) is 5.32 Å². The first-order valence-corrected chi connectivity index (χ1v) is 9.66. The number of thiocarbonyl (C=S) groups is 1. The van der Waals surface area contributed by atoms with Crippen molar-refractivity contribution in [3.8, 4) is 0 Å². The molecule has 126 valence electrons. The second-order valence-electron chi connectivity index (χ2n) is 6.48. The largest absolute Gasteiger partial charge is 0.460 e. The van der Waals surface area contributed by atoms with Crippen LogP contribution < -0.4 is 5.32 Å². The van der Waals surface area contributed by atoms with Gasteiger partial charge in [-0.1, -0.05) is 23.8 Å². The van der Waals surface area contributed by atoms with Crippen LogP contribution in [0.25, 0.3) is 0 Å². The molecule has 0 spiro atoms. The van der Waals surface area contributed by atoms with E-state index in [0.717, 1.165) is 22.4 Å². The Morgan fingerprint density at radius 1 is 1.12 bits per heavy atom. The van der Waals surface area contributed by atoms with Crippen molar-refractivity contribution >= 4 is 32.9 Å². The Bertz CT molecular complexity index is 900. The van der Waals surface area contributed by atoms with Gasteiger partial charge in [0.2, 0.25) is 0 Å². The molecule has 0 aromatic heterocycles. The maximum absolute atomic E-state index is 12.6. The SMILES string of the molecule is Cc1ccc(S(=O)(=O)Cc2ccc3c(c2)C(C)(C)OC(=S)N3)cc1. The van der Waals surface area contributed by atoms with Crippen LogP contribution in [0, 0.1) is 6.92 Å². The fraction of sp³-hybridized carbons (Fsp3) is 0.278. The molecule has 0 saturated carbocycles. The lowest BCUT2D eigenvalue weighted by Gasteiger charge is -2.34. The summed E-state index contributed by atoms with van der Waals surface area (Å²) in [5, 5.41) is 3.33. The number of sulfone groups is 1. The van der Waals surface area contributed by atoms with Gasteiger partial charge in [-0.15, -0.1) is 0 Å². The van der Waals surface area contributed by atoms with Crippen LogP contribution in [0.5, 0.6) is 0 Å². The van der Waals surface area contributed by atoms with Crippen LogP contribution in [-0.4, -0.2) is 13.6 Å². The molecule has 4 nitrogen and oxygen atoms in total. The number of anilines is 1. The second-order valence-corrected chi connectivity index (χ2v) is 8.84. The van der Waals surface area contributed by atoms with Crippen molar-refractivity contribution in [1.82, 2.24) is 0 Å². The van der Waals surface area contributed by atoms with Crippen molar-refractivity contribution in [2.45, 2.75) is 37.0 Å². The minimum absolute atomic E-state index is 0.0517. The monoisotopic (exact) mass is 361 g/mol. The standard InChI is InChI=1S/C18H19NO3S2/c1-12-4-7-14(8-5-12)24(20,21)11-13-6-9-16-15(10-13)18(2,3)22-17(23)19-16/h4-10H,11H2,1-3H3,(H,19,23). The lowest BCUT2D eigenvalue weighted by molar-refractivity contribution is 0.0946. The minimum Gasteiger partial charge on any atom is -0.460 e. The summed E-state index contributed by atoms with van der Waals surface area (Å²) in [6.07, 6.45) is 0. The molecule has 3 rings (SSSR count). The second kappa shape index (κ2) is 5.86. The zero-order valence-electron chi connectivity index (χ0n) is 13.8. The van der Waals surface area contributed by atoms with E-state index in [1.807, 2.05) is 51.1 Å². The Balaban J connectivity index is 1.94. The van der Waals surface area contributed by atoms with Gasteiger partial charge in [-0.2, -0.15) is 0 Å². The molecule has 2 aromatic carbocycles. The van der Waals surface area contributed by atoms with Crippen molar-refractivity contribution in [3.63, 3.8) is 0 Å². The topological polar surface area (TPSA) is 55.4 Å². The van der Waals surface area contributed by atoms with Gasteiger partial charge in [0.15, 0.2) is 9.84 Å². The number of hydrogen-bond acceptors (Lipinski definition) is 4. The summed E-state index contributed by atoms with van der Waals surface area (Å²) in [5.41, 5.74) is 2.91. The summed E-state index contributed by atoms with van der Waals surface area (Å²) in [7, 11) is -3.39. The fourth-order valence-corrected chi connectivity index (χ4v) is 4.41. The van der Waals surface area contributed by atoms with Gasteiger partial charge in [0.1, 0.15) is 5.60 Å². The van der Waals surface area contributed by atoms with Crippen molar-refractivity contribution in [2.75, 3.05) is 5.32 Å². The van der Waals surface area contributed by atoms with Crippen LogP contribution in [0.1, 0.15) is 30.5 Å². The van der Waals surface area contributed by atoms with Crippen LogP contribution in [0.3, 0.4) is 0 Å². The van der Waals surface area contributed by atoms with Crippen LogP contribution in [0.15, 0.2) is 47.4 Å². The van der Waals surface area contributed by atoms with Crippen molar-refractivity contribution in [2.24, 2.45) is 0 Å². The van der Waals surface area contributed by atoms with Crippen LogP contribution in [0.4, 0.5) is 5.69 Å². The third kappa shape index (κ3) is 3.30. The van der Waals surface area contributed by atoms with E-state index in [1.54, 1.807) is 12.1 Å². The normalized spacial score (nSPS) is 16.0. The summed E-state index contributed by atoms with van der Waals surface area (Å²) >= 11 is 5.10. The molecular formula is C18H19NO3S2. The number of nitrogens with one attached hydrogen (secondary N) is 1. The third-order valence-electron chi connectivity index (χ3n) is 4.05. The maximum atomic E-state index is 12.6. The lowest BCUT2D eigenvalue weighted by atomic mass is 9.93. The zero-order valence-corrected chi connectivity index (χ0v) is 15.4. The van der Waals surface area contributed by atoms with Gasteiger partial charge in [-0.3, -0.25) is 0 Å². The predicted octanol–water partition coefficient (Wildman–Crippen LogP) is 3.93. The Morgan fingerprint density at radius 3 is 2.46 bits per heavy atom. The van der Waals surface area contributed by atoms with E-state index >= 15 is 0 Å². The first-order valence-electron chi connectivity index (χ1n) is 7.60. The smallest absolute Gasteiger partial charge is 0.262 e. The molecule has 1 aliphatic rings. The summed E-state index contributed by atoms with van der Waals surface area (Å²) in [5.74, 6) is -0.0517. The zero-order chi connectivity index (χ0) is 17.5. The highest BCUT2D eigenvalue weighted by molar-refractivity contribution is 7.90. The van der Waals surface area contributed by atoms with E-state index in [4.69, 9.17) is 17.0 Å². The fourth-order valence-electron chi connectivity index (χ4n) is 2.76. The molecule has 0 fully saturated rings. The average molecular weight is 361 g/mol. The van der Waals surface area contributed by atoms with Gasteiger partial charge in [0, 0.05) is 11.3 Å². The third-order valence-corrected chi connectivity index (χ3v) is 5.94. The highest BCUT2D eigenvalue weighted by Crippen LogP contribution is 2.36. The molecule has 24 heavy (non-hydrogen) atoms. The molecule has 1 aliphatic heterocycles. The molecule has 0 radical (unpaired) electrons. The molecule has 0 saturated heterocycles. The van der Waals surface area contributed by atoms with Crippen LogP contribution in [0.2, 0.25) is 0 Å². The highest BCUT2D eigenvalue weighted by atomic mass is 32.2. The molecule has 0 unspecified atom stereocenters. The molecule has 1 heterocycles. The molecule has 0 bridgehead atoms. The number of rotatable bonds is 3.